The van der Waals surface area contributed by atoms with Gasteiger partial charge in [-0.05, 0) is 40.8 Å². The third kappa shape index (κ3) is 4.03. The van der Waals surface area contributed by atoms with Crippen molar-refractivity contribution in [1.82, 2.24) is 10.3 Å². The first kappa shape index (κ1) is 19.2. The number of nitrogens with one attached hydrogen (secondary N) is 1. The van der Waals surface area contributed by atoms with Gasteiger partial charge in [-0.3, -0.25) is 0 Å². The van der Waals surface area contributed by atoms with Crippen LogP contribution in [0.4, 0.5) is 4.79 Å². The monoisotopic (exact) mass is 404 g/mol. The van der Waals surface area contributed by atoms with Crippen LogP contribution in [0.3, 0.4) is 0 Å². The van der Waals surface area contributed by atoms with Crippen molar-refractivity contribution in [2.75, 3.05) is 13.2 Å². The quantitative estimate of drug-likeness (QED) is 0.563. The molecule has 0 radical (unpaired) electrons. The van der Waals surface area contributed by atoms with Crippen LogP contribution in [0.2, 0.25) is 5.15 Å². The molecule has 0 spiro atoms. The fourth-order valence-electron chi connectivity index (χ4n) is 3.71. The molecule has 0 saturated carbocycles. The van der Waals surface area contributed by atoms with Gasteiger partial charge in [0.15, 0.2) is 0 Å². The lowest BCUT2D eigenvalue weighted by Gasteiger charge is -2.14. The van der Waals surface area contributed by atoms with E-state index in [1.165, 1.54) is 22.3 Å². The minimum atomic E-state index is -0.439. The number of rotatable bonds is 5. The zero-order chi connectivity index (χ0) is 20.2. The Morgan fingerprint density at radius 2 is 1.76 bits per heavy atom. The molecule has 0 fully saturated rings. The summed E-state index contributed by atoms with van der Waals surface area (Å²) in [5, 5.41) is 3.20. The molecule has 2 aromatic carbocycles. The summed E-state index contributed by atoms with van der Waals surface area (Å²) < 4.78 is 5.52. The number of alkyl carbamates (subject to hydrolysis) is 1. The molecular weight excluding hydrogens is 384 g/mol. The van der Waals surface area contributed by atoms with E-state index in [4.69, 9.17) is 16.3 Å². The summed E-state index contributed by atoms with van der Waals surface area (Å²) in [6.07, 6.45) is 4.92. The first-order chi connectivity index (χ1) is 14.1. The average Bonchev–Trinajstić information content (AvgIpc) is 3.05. The summed E-state index contributed by atoms with van der Waals surface area (Å²) in [7, 11) is 0. The topological polar surface area (TPSA) is 51.2 Å². The van der Waals surface area contributed by atoms with Crippen LogP contribution in [0.5, 0.6) is 0 Å². The summed E-state index contributed by atoms with van der Waals surface area (Å²) in [6.45, 7) is 2.62. The van der Waals surface area contributed by atoms with Gasteiger partial charge in [-0.25, -0.2) is 9.78 Å². The van der Waals surface area contributed by atoms with Crippen LogP contribution < -0.4 is 5.32 Å². The fraction of sp³-hybridized carbons (Fsp3) is 0.167. The number of carbonyl (C=O) groups is 1. The van der Waals surface area contributed by atoms with Gasteiger partial charge in [0.1, 0.15) is 11.8 Å². The van der Waals surface area contributed by atoms with E-state index in [1.54, 1.807) is 6.20 Å². The predicted octanol–water partition coefficient (Wildman–Crippen LogP) is 5.60. The van der Waals surface area contributed by atoms with Gasteiger partial charge < -0.3 is 10.1 Å². The highest BCUT2D eigenvalue weighted by atomic mass is 35.5. The highest BCUT2D eigenvalue weighted by Gasteiger charge is 2.28. The molecule has 1 aromatic heterocycles. The van der Waals surface area contributed by atoms with Crippen LogP contribution in [-0.2, 0) is 4.74 Å². The van der Waals surface area contributed by atoms with Gasteiger partial charge in [0, 0.05) is 24.2 Å². The summed E-state index contributed by atoms with van der Waals surface area (Å²) >= 11 is 6.10. The third-order valence-electron chi connectivity index (χ3n) is 5.15. The van der Waals surface area contributed by atoms with Gasteiger partial charge in [-0.15, -0.1) is 0 Å². The van der Waals surface area contributed by atoms with E-state index in [0.717, 1.165) is 11.1 Å². The number of aromatic nitrogens is 1. The summed E-state index contributed by atoms with van der Waals surface area (Å²) in [6, 6.07) is 18.4. The molecule has 1 amide bonds. The maximum Gasteiger partial charge on any atom is 0.407 e. The van der Waals surface area contributed by atoms with Gasteiger partial charge in [0.2, 0.25) is 0 Å². The molecule has 0 unspecified atom stereocenters. The lowest BCUT2D eigenvalue weighted by molar-refractivity contribution is 0.144. The Kier molecular flexibility index (Phi) is 5.63. The molecule has 0 aliphatic heterocycles. The number of benzene rings is 2. The summed E-state index contributed by atoms with van der Waals surface area (Å²) in [4.78, 5) is 16.2. The number of halogens is 1. The fourth-order valence-corrected chi connectivity index (χ4v) is 3.97. The minimum absolute atomic E-state index is 0.0561. The molecule has 146 valence electrons. The van der Waals surface area contributed by atoms with Crippen molar-refractivity contribution >= 4 is 23.8 Å². The van der Waals surface area contributed by atoms with Crippen LogP contribution in [0.25, 0.3) is 17.2 Å². The standard InChI is InChI=1S/C24H21ClN2O2/c1-16-12-14-26-23(25)17(16)11-6-13-27-24(28)29-15-22-20-9-4-2-7-18(20)19-8-3-5-10-21(19)22/h2-12,14,22H,13,15H2,1H3,(H,27,28). The van der Waals surface area contributed by atoms with Crippen molar-refractivity contribution in [2.45, 2.75) is 12.8 Å². The first-order valence-electron chi connectivity index (χ1n) is 9.51. The van der Waals surface area contributed by atoms with Crippen molar-refractivity contribution in [3.8, 4) is 11.1 Å². The van der Waals surface area contributed by atoms with E-state index in [0.29, 0.717) is 18.3 Å². The number of ether oxygens (including phenoxy) is 1. The number of hydrogen-bond acceptors (Lipinski definition) is 3. The van der Waals surface area contributed by atoms with Gasteiger partial charge in [-0.2, -0.15) is 0 Å². The largest absolute Gasteiger partial charge is 0.449 e. The van der Waals surface area contributed by atoms with Gasteiger partial charge in [0.05, 0.1) is 0 Å². The predicted molar refractivity (Wildman–Crippen MR) is 116 cm³/mol. The molecule has 0 atom stereocenters. The molecule has 1 aliphatic carbocycles. The highest BCUT2D eigenvalue weighted by Crippen LogP contribution is 2.44. The molecule has 5 heteroatoms. The highest BCUT2D eigenvalue weighted by molar-refractivity contribution is 6.30. The maximum atomic E-state index is 12.2. The molecule has 1 heterocycles. The Labute approximate surface area is 175 Å². The Hall–Kier alpha value is -3.11. The lowest BCUT2D eigenvalue weighted by atomic mass is 9.98. The Bertz CT molecular complexity index is 1010. The molecule has 0 saturated heterocycles. The number of fused-ring (bicyclic) bond motifs is 3. The average molecular weight is 405 g/mol. The molecule has 1 N–H and O–H groups in total. The minimum Gasteiger partial charge on any atom is -0.449 e. The molecule has 3 aromatic rings. The van der Waals surface area contributed by atoms with Gasteiger partial charge in [-0.1, -0.05) is 72.3 Å². The van der Waals surface area contributed by atoms with E-state index in [2.05, 4.69) is 34.6 Å². The smallest absolute Gasteiger partial charge is 0.407 e. The molecule has 1 aliphatic rings. The van der Waals surface area contributed by atoms with Crippen LogP contribution in [-0.4, -0.2) is 24.2 Å². The van der Waals surface area contributed by atoms with Crippen molar-refractivity contribution in [3.63, 3.8) is 0 Å². The SMILES string of the molecule is Cc1ccnc(Cl)c1C=CCNC(=O)OCC1c2ccccc2-c2ccccc21. The van der Waals surface area contributed by atoms with Crippen LogP contribution in [0, 0.1) is 6.92 Å². The Balaban J connectivity index is 1.35. The second-order valence-electron chi connectivity index (χ2n) is 6.94. The summed E-state index contributed by atoms with van der Waals surface area (Å²) in [5.41, 5.74) is 6.70. The third-order valence-corrected chi connectivity index (χ3v) is 5.45. The Morgan fingerprint density at radius 1 is 1.10 bits per heavy atom. The normalized spacial score (nSPS) is 12.6. The maximum absolute atomic E-state index is 12.2. The second-order valence-corrected chi connectivity index (χ2v) is 7.30. The number of hydrogen-bond donors (Lipinski definition) is 1. The number of aryl methyl sites for hydroxylation is 1. The molecule has 29 heavy (non-hydrogen) atoms. The zero-order valence-electron chi connectivity index (χ0n) is 16.1. The van der Waals surface area contributed by atoms with E-state index in [1.807, 2.05) is 49.4 Å². The second kappa shape index (κ2) is 8.50. The van der Waals surface area contributed by atoms with Gasteiger partial charge >= 0.3 is 6.09 Å². The van der Waals surface area contributed by atoms with E-state index in [-0.39, 0.29) is 5.92 Å². The lowest BCUT2D eigenvalue weighted by Crippen LogP contribution is -2.26. The molecule has 4 nitrogen and oxygen atoms in total. The van der Waals surface area contributed by atoms with E-state index in [9.17, 15) is 4.79 Å². The van der Waals surface area contributed by atoms with Gasteiger partial charge in [0.25, 0.3) is 0 Å². The van der Waals surface area contributed by atoms with E-state index >= 15 is 0 Å². The number of amides is 1. The summed E-state index contributed by atoms with van der Waals surface area (Å²) in [5.74, 6) is 0.0561. The van der Waals surface area contributed by atoms with Crippen molar-refractivity contribution in [1.29, 1.82) is 0 Å². The number of carbonyl (C=O) groups excluding carboxylic acids is 1. The van der Waals surface area contributed by atoms with Crippen molar-refractivity contribution in [3.05, 3.63) is 94.3 Å². The van der Waals surface area contributed by atoms with Crippen LogP contribution >= 0.6 is 11.6 Å². The van der Waals surface area contributed by atoms with E-state index < -0.39 is 6.09 Å². The van der Waals surface area contributed by atoms with Crippen molar-refractivity contribution < 1.29 is 9.53 Å². The van der Waals surface area contributed by atoms with Crippen LogP contribution in [0.15, 0.2) is 66.9 Å². The Morgan fingerprint density at radius 3 is 2.41 bits per heavy atom. The number of nitrogens with zero attached hydrogens (tertiary/aromatic N) is 1. The van der Waals surface area contributed by atoms with Crippen molar-refractivity contribution in [2.24, 2.45) is 0 Å². The first-order valence-corrected chi connectivity index (χ1v) is 9.89. The molecular formula is C24H21ClN2O2. The zero-order valence-corrected chi connectivity index (χ0v) is 16.8. The van der Waals surface area contributed by atoms with Crippen LogP contribution in [0.1, 0.15) is 28.2 Å². The number of pyridine rings is 1. The molecule has 4 rings (SSSR count). The molecule has 0 bridgehead atoms.